The van der Waals surface area contributed by atoms with Crippen LogP contribution in [0.15, 0.2) is 48.7 Å². The van der Waals surface area contributed by atoms with Crippen molar-refractivity contribution in [3.63, 3.8) is 0 Å². The van der Waals surface area contributed by atoms with Gasteiger partial charge in [0, 0.05) is 48.1 Å². The molecule has 0 N–H and O–H groups in total. The second-order valence-electron chi connectivity index (χ2n) is 8.45. The number of imidazole rings is 1. The van der Waals surface area contributed by atoms with Crippen LogP contribution < -0.4 is 0 Å². The van der Waals surface area contributed by atoms with E-state index in [1.165, 1.54) is 15.0 Å². The molecular formula is C24H26N4OS. The van der Waals surface area contributed by atoms with Gasteiger partial charge in [-0.25, -0.2) is 9.97 Å². The number of hydrogen-bond acceptors (Lipinski definition) is 5. The van der Waals surface area contributed by atoms with E-state index in [1.54, 1.807) is 0 Å². The van der Waals surface area contributed by atoms with Crippen molar-refractivity contribution in [1.82, 2.24) is 19.4 Å². The van der Waals surface area contributed by atoms with Gasteiger partial charge in [0.25, 0.3) is 0 Å². The fourth-order valence-corrected chi connectivity index (χ4v) is 6.09. The Morgan fingerprint density at radius 1 is 1.07 bits per heavy atom. The van der Waals surface area contributed by atoms with Crippen LogP contribution in [0.2, 0.25) is 0 Å². The van der Waals surface area contributed by atoms with Crippen LogP contribution in [0.1, 0.15) is 48.5 Å². The Morgan fingerprint density at radius 2 is 1.97 bits per heavy atom. The van der Waals surface area contributed by atoms with E-state index in [2.05, 4.69) is 45.9 Å². The van der Waals surface area contributed by atoms with E-state index in [-0.39, 0.29) is 6.10 Å². The van der Waals surface area contributed by atoms with E-state index in [4.69, 9.17) is 14.7 Å². The first-order valence-electron chi connectivity index (χ1n) is 11.0. The number of fused-ring (bicyclic) bond motifs is 2. The van der Waals surface area contributed by atoms with Crippen LogP contribution >= 0.6 is 11.3 Å². The average Bonchev–Trinajstić information content (AvgIpc) is 3.51. The third-order valence-corrected chi connectivity index (χ3v) is 7.57. The lowest BCUT2D eigenvalue weighted by atomic mass is 10.0. The standard InChI is InChI=1S/C24H26N4OS/c1-2-8-22-17(5-1)15-19(30-22)16-27-12-9-18(10-13-27)28-23-20(6-3-11-25-23)26-24(28)21-7-4-14-29-21/h1-3,5-6,8,11,15,18,21H,4,7,9-10,12-14,16H2/t21-/m1/s1. The summed E-state index contributed by atoms with van der Waals surface area (Å²) in [6.45, 7) is 4.11. The quantitative estimate of drug-likeness (QED) is 0.449. The molecule has 0 amide bonds. The Kier molecular flexibility index (Phi) is 4.78. The summed E-state index contributed by atoms with van der Waals surface area (Å²) >= 11 is 1.93. The second-order valence-corrected chi connectivity index (χ2v) is 9.61. The summed E-state index contributed by atoms with van der Waals surface area (Å²) in [6, 6.07) is 15.5. The van der Waals surface area contributed by atoms with Crippen molar-refractivity contribution in [2.45, 2.75) is 44.4 Å². The largest absolute Gasteiger partial charge is 0.370 e. The lowest BCUT2D eigenvalue weighted by Gasteiger charge is -2.33. The Labute approximate surface area is 180 Å². The highest BCUT2D eigenvalue weighted by atomic mass is 32.1. The molecule has 0 saturated carbocycles. The van der Waals surface area contributed by atoms with E-state index < -0.39 is 0 Å². The first-order valence-corrected chi connectivity index (χ1v) is 11.8. The number of rotatable bonds is 4. The van der Waals surface area contributed by atoms with Crippen molar-refractivity contribution in [2.75, 3.05) is 19.7 Å². The van der Waals surface area contributed by atoms with E-state index in [1.807, 2.05) is 23.6 Å². The molecule has 30 heavy (non-hydrogen) atoms. The molecule has 0 unspecified atom stereocenters. The highest BCUT2D eigenvalue weighted by molar-refractivity contribution is 7.19. The number of ether oxygens (including phenoxy) is 1. The average molecular weight is 419 g/mol. The smallest absolute Gasteiger partial charge is 0.160 e. The van der Waals surface area contributed by atoms with E-state index >= 15 is 0 Å². The lowest BCUT2D eigenvalue weighted by molar-refractivity contribution is 0.0971. The van der Waals surface area contributed by atoms with Crippen molar-refractivity contribution < 1.29 is 4.74 Å². The fraction of sp³-hybridized carbons (Fsp3) is 0.417. The maximum absolute atomic E-state index is 6.01. The van der Waals surface area contributed by atoms with E-state index in [9.17, 15) is 0 Å². The maximum atomic E-state index is 6.01. The molecule has 0 radical (unpaired) electrons. The minimum Gasteiger partial charge on any atom is -0.370 e. The van der Waals surface area contributed by atoms with Crippen molar-refractivity contribution >= 4 is 32.6 Å². The number of benzene rings is 1. The molecule has 5 heterocycles. The minimum atomic E-state index is 0.121. The predicted octanol–water partition coefficient (Wildman–Crippen LogP) is 5.33. The molecule has 154 valence electrons. The maximum Gasteiger partial charge on any atom is 0.160 e. The van der Waals surface area contributed by atoms with Crippen LogP contribution in [-0.2, 0) is 11.3 Å². The van der Waals surface area contributed by atoms with Gasteiger partial charge >= 0.3 is 0 Å². The van der Waals surface area contributed by atoms with Gasteiger partial charge in [0.15, 0.2) is 5.65 Å². The van der Waals surface area contributed by atoms with Crippen molar-refractivity contribution in [3.8, 4) is 0 Å². The Balaban J connectivity index is 1.21. The number of piperidine rings is 1. The molecule has 0 bridgehead atoms. The Morgan fingerprint density at radius 3 is 2.80 bits per heavy atom. The molecule has 5 nitrogen and oxygen atoms in total. The van der Waals surface area contributed by atoms with Crippen LogP contribution in [-0.4, -0.2) is 39.1 Å². The summed E-state index contributed by atoms with van der Waals surface area (Å²) in [5, 5.41) is 1.37. The molecule has 3 aromatic heterocycles. The summed E-state index contributed by atoms with van der Waals surface area (Å²) < 4.78 is 9.80. The highest BCUT2D eigenvalue weighted by Crippen LogP contribution is 2.36. The number of pyridine rings is 1. The van der Waals surface area contributed by atoms with Crippen LogP contribution in [0.4, 0.5) is 0 Å². The molecule has 6 heteroatoms. The van der Waals surface area contributed by atoms with Gasteiger partial charge in [-0.1, -0.05) is 18.2 Å². The summed E-state index contributed by atoms with van der Waals surface area (Å²) in [5.74, 6) is 1.09. The number of likely N-dealkylation sites (tertiary alicyclic amines) is 1. The van der Waals surface area contributed by atoms with Gasteiger partial charge in [0.05, 0.1) is 0 Å². The van der Waals surface area contributed by atoms with Gasteiger partial charge in [-0.2, -0.15) is 0 Å². The number of nitrogens with zero attached hydrogens (tertiary/aromatic N) is 4. The SMILES string of the molecule is c1ccc2sc(CN3CCC(n4c([C@H]5CCCO5)nc5cccnc54)CC3)cc2c1. The van der Waals surface area contributed by atoms with Crippen LogP contribution in [0, 0.1) is 0 Å². The molecule has 6 rings (SSSR count). The number of hydrogen-bond donors (Lipinski definition) is 0. The number of aromatic nitrogens is 3. The molecular weight excluding hydrogens is 392 g/mol. The van der Waals surface area contributed by atoms with E-state index in [0.29, 0.717) is 6.04 Å². The lowest BCUT2D eigenvalue weighted by Crippen LogP contribution is -2.34. The molecule has 4 aromatic rings. The molecule has 2 saturated heterocycles. The predicted molar refractivity (Wildman–Crippen MR) is 121 cm³/mol. The summed E-state index contributed by atoms with van der Waals surface area (Å²) in [6.07, 6.45) is 6.45. The highest BCUT2D eigenvalue weighted by Gasteiger charge is 2.30. The van der Waals surface area contributed by atoms with Crippen LogP contribution in [0.3, 0.4) is 0 Å². The molecule has 1 atom stereocenters. The van der Waals surface area contributed by atoms with Crippen LogP contribution in [0.25, 0.3) is 21.3 Å². The molecule has 2 aliphatic heterocycles. The van der Waals surface area contributed by atoms with Gasteiger partial charge in [-0.05, 0) is 55.3 Å². The first kappa shape index (κ1) is 18.5. The van der Waals surface area contributed by atoms with Crippen molar-refractivity contribution in [2.24, 2.45) is 0 Å². The van der Waals surface area contributed by atoms with Crippen LogP contribution in [0.5, 0.6) is 0 Å². The zero-order valence-electron chi connectivity index (χ0n) is 17.0. The first-order chi connectivity index (χ1) is 14.8. The summed E-state index contributed by atoms with van der Waals surface area (Å²) in [5.41, 5.74) is 2.02. The fourth-order valence-electron chi connectivity index (χ4n) is 4.99. The molecule has 1 aromatic carbocycles. The second kappa shape index (κ2) is 7.76. The van der Waals surface area contributed by atoms with Crippen molar-refractivity contribution in [3.05, 3.63) is 59.4 Å². The number of thiophene rings is 1. The molecule has 0 spiro atoms. The summed E-state index contributed by atoms with van der Waals surface area (Å²) in [4.78, 5) is 13.7. The Hall–Kier alpha value is -2.28. The Bertz CT molecular complexity index is 1140. The molecule has 0 aliphatic carbocycles. The van der Waals surface area contributed by atoms with Crippen molar-refractivity contribution in [1.29, 1.82) is 0 Å². The summed E-state index contributed by atoms with van der Waals surface area (Å²) in [7, 11) is 0. The third-order valence-electron chi connectivity index (χ3n) is 6.47. The topological polar surface area (TPSA) is 43.2 Å². The van der Waals surface area contributed by atoms with Gasteiger partial charge in [0.1, 0.15) is 17.4 Å². The van der Waals surface area contributed by atoms with Gasteiger partial charge in [0.2, 0.25) is 0 Å². The zero-order chi connectivity index (χ0) is 19.9. The zero-order valence-corrected chi connectivity index (χ0v) is 17.9. The van der Waals surface area contributed by atoms with Gasteiger partial charge in [-0.15, -0.1) is 11.3 Å². The monoisotopic (exact) mass is 418 g/mol. The normalized spacial score (nSPS) is 21.1. The molecule has 2 aliphatic rings. The third kappa shape index (κ3) is 3.33. The van der Waals surface area contributed by atoms with Gasteiger partial charge in [-0.3, -0.25) is 4.90 Å². The van der Waals surface area contributed by atoms with E-state index in [0.717, 1.165) is 68.9 Å². The molecule has 2 fully saturated rings. The van der Waals surface area contributed by atoms with Gasteiger partial charge < -0.3 is 9.30 Å². The minimum absolute atomic E-state index is 0.121.